The summed E-state index contributed by atoms with van der Waals surface area (Å²) in [5, 5.41) is 3.52. The van der Waals surface area contributed by atoms with Crippen LogP contribution in [-0.2, 0) is 6.42 Å². The van der Waals surface area contributed by atoms with E-state index >= 15 is 0 Å². The molecular weight excluding hydrogens is 261 g/mol. The van der Waals surface area contributed by atoms with Gasteiger partial charge in [0.2, 0.25) is 0 Å². The number of likely N-dealkylation sites (N-methyl/N-ethyl adjacent to an activating group) is 1. The van der Waals surface area contributed by atoms with Gasteiger partial charge in [-0.15, -0.1) is 0 Å². The molecule has 2 aromatic carbocycles. The summed E-state index contributed by atoms with van der Waals surface area (Å²) in [6, 6.07) is 15.9. The van der Waals surface area contributed by atoms with Crippen molar-refractivity contribution in [2.24, 2.45) is 0 Å². The second-order valence-corrected chi connectivity index (χ2v) is 5.76. The normalized spacial score (nSPS) is 12.6. The number of hydrogen-bond acceptors (Lipinski definition) is 1. The molecule has 0 amide bonds. The second kappa shape index (κ2) is 7.37. The SMILES string of the molecule is CCNC(Cc1ccc(F)cc1)c1ccc(C(C)C)cc1. The van der Waals surface area contributed by atoms with Crippen molar-refractivity contribution in [2.75, 3.05) is 6.54 Å². The molecule has 1 unspecified atom stereocenters. The fraction of sp³-hybridized carbons (Fsp3) is 0.368. The molecule has 0 fully saturated rings. The van der Waals surface area contributed by atoms with E-state index < -0.39 is 0 Å². The lowest BCUT2D eigenvalue weighted by Crippen LogP contribution is -2.23. The second-order valence-electron chi connectivity index (χ2n) is 5.76. The van der Waals surface area contributed by atoms with Crippen LogP contribution in [0.15, 0.2) is 48.5 Å². The van der Waals surface area contributed by atoms with Gasteiger partial charge in [0.05, 0.1) is 0 Å². The molecule has 2 heteroatoms. The minimum absolute atomic E-state index is 0.181. The molecule has 2 aromatic rings. The van der Waals surface area contributed by atoms with Gasteiger partial charge in [-0.1, -0.05) is 57.2 Å². The Bertz CT molecular complexity index is 543. The Morgan fingerprint density at radius 1 is 0.905 bits per heavy atom. The number of nitrogens with one attached hydrogen (secondary N) is 1. The lowest BCUT2D eigenvalue weighted by atomic mass is 9.95. The minimum Gasteiger partial charge on any atom is -0.310 e. The van der Waals surface area contributed by atoms with Crippen LogP contribution in [0.4, 0.5) is 4.39 Å². The summed E-state index contributed by atoms with van der Waals surface area (Å²) in [4.78, 5) is 0. The molecule has 1 atom stereocenters. The standard InChI is InChI=1S/C19H24FN/c1-4-21-19(13-15-5-11-18(20)12-6-15)17-9-7-16(8-10-17)14(2)3/h5-12,14,19,21H,4,13H2,1-3H3. The lowest BCUT2D eigenvalue weighted by Gasteiger charge is -2.19. The third-order valence-electron chi connectivity index (χ3n) is 3.81. The van der Waals surface area contributed by atoms with Crippen molar-refractivity contribution in [2.45, 2.75) is 39.2 Å². The highest BCUT2D eigenvalue weighted by Crippen LogP contribution is 2.22. The Hall–Kier alpha value is -1.67. The van der Waals surface area contributed by atoms with Gasteiger partial charge in [-0.25, -0.2) is 4.39 Å². The molecule has 0 aliphatic heterocycles. The Balaban J connectivity index is 2.15. The Morgan fingerprint density at radius 3 is 2.00 bits per heavy atom. The van der Waals surface area contributed by atoms with Gasteiger partial charge in [0, 0.05) is 6.04 Å². The molecule has 0 saturated carbocycles. The average molecular weight is 285 g/mol. The highest BCUT2D eigenvalue weighted by atomic mass is 19.1. The first-order valence-electron chi connectivity index (χ1n) is 7.67. The summed E-state index contributed by atoms with van der Waals surface area (Å²) in [5.41, 5.74) is 3.79. The zero-order valence-corrected chi connectivity index (χ0v) is 13.1. The first kappa shape index (κ1) is 15.7. The molecule has 112 valence electrons. The van der Waals surface area contributed by atoms with Crippen LogP contribution in [0, 0.1) is 5.82 Å². The van der Waals surface area contributed by atoms with Crippen LogP contribution in [0.3, 0.4) is 0 Å². The van der Waals surface area contributed by atoms with E-state index in [9.17, 15) is 4.39 Å². The Kier molecular flexibility index (Phi) is 5.51. The van der Waals surface area contributed by atoms with E-state index in [2.05, 4.69) is 50.4 Å². The first-order valence-corrected chi connectivity index (χ1v) is 7.67. The fourth-order valence-electron chi connectivity index (χ4n) is 2.52. The van der Waals surface area contributed by atoms with Crippen molar-refractivity contribution >= 4 is 0 Å². The van der Waals surface area contributed by atoms with Crippen LogP contribution in [0.5, 0.6) is 0 Å². The maximum Gasteiger partial charge on any atom is 0.123 e. The Labute approximate surface area is 127 Å². The molecule has 0 aliphatic carbocycles. The van der Waals surface area contributed by atoms with Gasteiger partial charge in [-0.3, -0.25) is 0 Å². The van der Waals surface area contributed by atoms with Crippen LogP contribution in [0.1, 0.15) is 49.4 Å². The molecule has 1 nitrogen and oxygen atoms in total. The van der Waals surface area contributed by atoms with Crippen molar-refractivity contribution < 1.29 is 4.39 Å². The fourth-order valence-corrected chi connectivity index (χ4v) is 2.52. The average Bonchev–Trinajstić information content (AvgIpc) is 2.49. The van der Waals surface area contributed by atoms with E-state index in [4.69, 9.17) is 0 Å². The summed E-state index contributed by atoms with van der Waals surface area (Å²) >= 11 is 0. The van der Waals surface area contributed by atoms with E-state index in [1.54, 1.807) is 0 Å². The van der Waals surface area contributed by atoms with Gasteiger partial charge in [-0.2, -0.15) is 0 Å². The molecule has 0 aliphatic rings. The molecule has 0 saturated heterocycles. The number of rotatable bonds is 6. The molecule has 1 N–H and O–H groups in total. The molecule has 2 rings (SSSR count). The molecule has 0 heterocycles. The van der Waals surface area contributed by atoms with Crippen molar-refractivity contribution in [3.05, 3.63) is 71.0 Å². The van der Waals surface area contributed by atoms with E-state index in [1.165, 1.54) is 23.3 Å². The van der Waals surface area contributed by atoms with Crippen LogP contribution >= 0.6 is 0 Å². The van der Waals surface area contributed by atoms with E-state index in [1.807, 2.05) is 12.1 Å². The van der Waals surface area contributed by atoms with Crippen molar-refractivity contribution in [1.82, 2.24) is 5.32 Å². The van der Waals surface area contributed by atoms with Gasteiger partial charge < -0.3 is 5.32 Å². The third-order valence-corrected chi connectivity index (χ3v) is 3.81. The predicted octanol–water partition coefficient (Wildman–Crippen LogP) is 4.84. The quantitative estimate of drug-likeness (QED) is 0.800. The third kappa shape index (κ3) is 4.40. The van der Waals surface area contributed by atoms with E-state index in [-0.39, 0.29) is 11.9 Å². The summed E-state index contributed by atoms with van der Waals surface area (Å²) in [6.07, 6.45) is 0.870. The lowest BCUT2D eigenvalue weighted by molar-refractivity contribution is 0.548. The van der Waals surface area contributed by atoms with Crippen LogP contribution in [0.2, 0.25) is 0 Å². The summed E-state index contributed by atoms with van der Waals surface area (Å²) in [7, 11) is 0. The van der Waals surface area contributed by atoms with Crippen molar-refractivity contribution in [3.63, 3.8) is 0 Å². The highest BCUT2D eigenvalue weighted by molar-refractivity contribution is 5.29. The van der Waals surface area contributed by atoms with Gasteiger partial charge >= 0.3 is 0 Å². The van der Waals surface area contributed by atoms with Gasteiger partial charge in [0.25, 0.3) is 0 Å². The summed E-state index contributed by atoms with van der Waals surface area (Å²) in [5.74, 6) is 0.369. The number of hydrogen-bond donors (Lipinski definition) is 1. The van der Waals surface area contributed by atoms with E-state index in [0.717, 1.165) is 18.5 Å². The zero-order valence-electron chi connectivity index (χ0n) is 13.1. The Morgan fingerprint density at radius 2 is 1.48 bits per heavy atom. The van der Waals surface area contributed by atoms with Gasteiger partial charge in [-0.05, 0) is 47.7 Å². The molecule has 0 aromatic heterocycles. The maximum absolute atomic E-state index is 13.0. The first-order chi connectivity index (χ1) is 10.1. The van der Waals surface area contributed by atoms with Gasteiger partial charge in [0.15, 0.2) is 0 Å². The topological polar surface area (TPSA) is 12.0 Å². The van der Waals surface area contributed by atoms with Crippen molar-refractivity contribution in [3.8, 4) is 0 Å². The number of benzene rings is 2. The largest absolute Gasteiger partial charge is 0.310 e. The van der Waals surface area contributed by atoms with Crippen LogP contribution < -0.4 is 5.32 Å². The van der Waals surface area contributed by atoms with Gasteiger partial charge in [0.1, 0.15) is 5.82 Å². The zero-order chi connectivity index (χ0) is 15.2. The van der Waals surface area contributed by atoms with Crippen molar-refractivity contribution in [1.29, 1.82) is 0 Å². The molecule has 0 radical (unpaired) electrons. The summed E-state index contributed by atoms with van der Waals surface area (Å²) in [6.45, 7) is 7.43. The minimum atomic E-state index is -0.181. The molecular formula is C19H24FN. The molecule has 21 heavy (non-hydrogen) atoms. The number of halogens is 1. The maximum atomic E-state index is 13.0. The molecule has 0 spiro atoms. The molecule has 0 bridgehead atoms. The smallest absolute Gasteiger partial charge is 0.123 e. The van der Waals surface area contributed by atoms with Crippen LogP contribution in [-0.4, -0.2) is 6.54 Å². The van der Waals surface area contributed by atoms with Crippen LogP contribution in [0.25, 0.3) is 0 Å². The monoisotopic (exact) mass is 285 g/mol. The highest BCUT2D eigenvalue weighted by Gasteiger charge is 2.11. The predicted molar refractivity (Wildman–Crippen MR) is 87.1 cm³/mol. The van der Waals surface area contributed by atoms with E-state index in [0.29, 0.717) is 5.92 Å². The summed E-state index contributed by atoms with van der Waals surface area (Å²) < 4.78 is 13.0.